The molecule has 0 aromatic rings. The van der Waals surface area contributed by atoms with E-state index in [1.807, 2.05) is 0 Å². The first-order valence-electron chi connectivity index (χ1n) is 2.45. The summed E-state index contributed by atoms with van der Waals surface area (Å²) in [4.78, 5) is 0. The molecule has 0 bridgehead atoms. The molecule has 0 nitrogen and oxygen atoms in total. The maximum atomic E-state index is 5.05. The fraction of sp³-hybridized carbons (Fsp3) is 1.00. The van der Waals surface area contributed by atoms with E-state index in [1.165, 1.54) is 21.6 Å². The van der Waals surface area contributed by atoms with Gasteiger partial charge in [-0.2, -0.15) is 0 Å². The molecule has 0 spiro atoms. The summed E-state index contributed by atoms with van der Waals surface area (Å²) >= 11 is 11.5. The van der Waals surface area contributed by atoms with Gasteiger partial charge in [0.2, 0.25) is 16.3 Å². The van der Waals surface area contributed by atoms with E-state index in [-0.39, 0.29) is 24.8 Å². The van der Waals surface area contributed by atoms with Gasteiger partial charge in [-0.05, 0) is 0 Å². The zero-order chi connectivity index (χ0) is 6.12. The summed E-state index contributed by atoms with van der Waals surface area (Å²) in [7, 11) is 0. The molecule has 0 saturated carbocycles. The van der Waals surface area contributed by atoms with Crippen molar-refractivity contribution in [1.29, 1.82) is 0 Å². The molecule has 0 aromatic heterocycles. The van der Waals surface area contributed by atoms with Crippen molar-refractivity contribution in [2.75, 3.05) is 11.8 Å². The molecular weight excluding hydrogens is 217 g/mol. The van der Waals surface area contributed by atoms with Crippen LogP contribution >= 0.6 is 48.0 Å². The average Bonchev–Trinajstić information content (AvgIpc) is 1.69. The summed E-state index contributed by atoms with van der Waals surface area (Å²) in [5, 5.41) is 1.39. The molecule has 0 saturated heterocycles. The van der Waals surface area contributed by atoms with Gasteiger partial charge in [0.05, 0.1) is 0 Å². The molecule has 0 aliphatic rings. The molecule has 0 rings (SSSR count). The SMILES string of the molecule is C[CH2][AlH2].Cl.Cl.ClCCCl. The topological polar surface area (TPSA) is 0 Å². The monoisotopic (exact) mass is 228 g/mol. The fourth-order valence-corrected chi connectivity index (χ4v) is 0. The van der Waals surface area contributed by atoms with Gasteiger partial charge in [0, 0.05) is 11.8 Å². The van der Waals surface area contributed by atoms with Gasteiger partial charge >= 0.3 is 0 Å². The third-order valence-corrected chi connectivity index (χ3v) is 0.643. The molecule has 0 aromatic carbocycles. The Bertz CT molecular complexity index is 20.0. The largest absolute Gasteiger partial charge is 0.211 e. The third kappa shape index (κ3) is 79.1. The first-order valence-corrected chi connectivity index (χ1v) is 4.93. The van der Waals surface area contributed by atoms with Crippen molar-refractivity contribution in [3.8, 4) is 0 Å². The lowest BCUT2D eigenvalue weighted by Crippen LogP contribution is -1.63. The Morgan fingerprint density at radius 1 is 1.11 bits per heavy atom. The molecule has 0 unspecified atom stereocenters. The quantitative estimate of drug-likeness (QED) is 0.479. The highest BCUT2D eigenvalue weighted by atomic mass is 35.5. The summed E-state index contributed by atoms with van der Waals surface area (Å²) in [6, 6.07) is 0. The molecule has 9 heavy (non-hydrogen) atoms. The van der Waals surface area contributed by atoms with Crippen LogP contribution < -0.4 is 0 Å². The van der Waals surface area contributed by atoms with Crippen LogP contribution in [0.4, 0.5) is 0 Å². The Balaban J connectivity index is -0.0000000233. The molecule has 0 fully saturated rings. The Kier molecular flexibility index (Phi) is 82.9. The maximum absolute atomic E-state index is 5.05. The molecule has 0 atom stereocenters. The summed E-state index contributed by atoms with van der Waals surface area (Å²) in [6.07, 6.45) is 0. The number of hydrogen-bond acceptors (Lipinski definition) is 0. The molecule has 0 radical (unpaired) electrons. The van der Waals surface area contributed by atoms with Crippen molar-refractivity contribution in [3.63, 3.8) is 0 Å². The Morgan fingerprint density at radius 2 is 1.22 bits per heavy atom. The van der Waals surface area contributed by atoms with Crippen LogP contribution in [0.15, 0.2) is 0 Å². The predicted octanol–water partition coefficient (Wildman–Crippen LogP) is 2.37. The van der Waals surface area contributed by atoms with Crippen LogP contribution in [-0.4, -0.2) is 28.1 Å². The Morgan fingerprint density at radius 3 is 1.22 bits per heavy atom. The lowest BCUT2D eigenvalue weighted by Gasteiger charge is -1.63. The van der Waals surface area contributed by atoms with Gasteiger partial charge in [-0.1, -0.05) is 6.92 Å². The van der Waals surface area contributed by atoms with E-state index in [0.29, 0.717) is 11.8 Å². The predicted molar refractivity (Wildman–Crippen MR) is 55.0 cm³/mol. The normalized spacial score (nSPS) is 5.22. The van der Waals surface area contributed by atoms with E-state index < -0.39 is 0 Å². The molecule has 0 aliphatic carbocycles. The van der Waals surface area contributed by atoms with Gasteiger partial charge in [0.25, 0.3) is 0 Å². The van der Waals surface area contributed by atoms with Crippen molar-refractivity contribution in [3.05, 3.63) is 0 Å². The second-order valence-electron chi connectivity index (χ2n) is 1.09. The Labute approximate surface area is 87.9 Å². The van der Waals surface area contributed by atoms with Crippen molar-refractivity contribution in [1.82, 2.24) is 0 Å². The van der Waals surface area contributed by atoms with Crippen molar-refractivity contribution < 1.29 is 0 Å². The van der Waals surface area contributed by atoms with Gasteiger partial charge in [-0.15, -0.1) is 53.3 Å². The second kappa shape index (κ2) is 33.3. The number of rotatable bonds is 1. The number of halogens is 4. The zero-order valence-corrected chi connectivity index (χ0v) is 10.8. The third-order valence-electron chi connectivity index (χ3n) is 0.0714. The van der Waals surface area contributed by atoms with E-state index in [4.69, 9.17) is 23.2 Å². The minimum atomic E-state index is 0. The van der Waals surface area contributed by atoms with Gasteiger partial charge in [-0.25, -0.2) is 0 Å². The summed E-state index contributed by atoms with van der Waals surface area (Å²) < 4.78 is 0. The van der Waals surface area contributed by atoms with Crippen LogP contribution in [0, 0.1) is 0 Å². The Hall–Kier alpha value is 1.69. The molecule has 5 heteroatoms. The molecular formula is C4H13AlCl4. The van der Waals surface area contributed by atoms with Crippen LogP contribution in [0.25, 0.3) is 0 Å². The molecule has 60 valence electrons. The van der Waals surface area contributed by atoms with Crippen molar-refractivity contribution >= 4 is 64.3 Å². The molecule has 0 N–H and O–H groups in total. The zero-order valence-electron chi connectivity index (χ0n) is 5.69. The summed E-state index contributed by atoms with van der Waals surface area (Å²) in [5.41, 5.74) is 0. The maximum Gasteiger partial charge on any atom is 0.211 e. The summed E-state index contributed by atoms with van der Waals surface area (Å²) in [5.74, 6) is 1.11. The number of hydrogen-bond donors (Lipinski definition) is 0. The van der Waals surface area contributed by atoms with Crippen molar-refractivity contribution in [2.24, 2.45) is 0 Å². The standard InChI is InChI=1S/C2H4Cl2.C2H5.Al.2ClH.2H/c3-1-2-4;1-2;;;;;/h1-2H2;1H2,2H3;;2*1H;;. The van der Waals surface area contributed by atoms with Crippen LogP contribution in [0.1, 0.15) is 6.92 Å². The highest BCUT2D eigenvalue weighted by molar-refractivity contribution is 6.25. The number of alkyl halides is 2. The smallest absolute Gasteiger partial charge is 0.147 e. The van der Waals surface area contributed by atoms with Crippen LogP contribution in [0.2, 0.25) is 5.28 Å². The second-order valence-corrected chi connectivity index (χ2v) is 3.26. The van der Waals surface area contributed by atoms with E-state index >= 15 is 0 Å². The van der Waals surface area contributed by atoms with Gasteiger partial charge in [0.1, 0.15) is 0 Å². The molecule has 0 heterocycles. The van der Waals surface area contributed by atoms with E-state index in [9.17, 15) is 0 Å². The molecule has 0 amide bonds. The minimum absolute atomic E-state index is 0. The van der Waals surface area contributed by atoms with E-state index in [2.05, 4.69) is 6.92 Å². The summed E-state index contributed by atoms with van der Waals surface area (Å²) in [6.45, 7) is 2.19. The molecule has 0 aliphatic heterocycles. The first kappa shape index (κ1) is 22.4. The minimum Gasteiger partial charge on any atom is -0.147 e. The first-order chi connectivity index (χ1) is 3.33. The van der Waals surface area contributed by atoms with E-state index in [1.54, 1.807) is 0 Å². The van der Waals surface area contributed by atoms with Crippen LogP contribution in [0.5, 0.6) is 0 Å². The average molecular weight is 230 g/mol. The highest BCUT2D eigenvalue weighted by Gasteiger charge is 1.61. The van der Waals surface area contributed by atoms with Crippen LogP contribution in [0.3, 0.4) is 0 Å². The fourth-order valence-electron chi connectivity index (χ4n) is 0. The van der Waals surface area contributed by atoms with E-state index in [0.717, 1.165) is 0 Å². The van der Waals surface area contributed by atoms with Crippen LogP contribution in [-0.2, 0) is 0 Å². The van der Waals surface area contributed by atoms with Gasteiger partial charge < -0.3 is 0 Å². The van der Waals surface area contributed by atoms with Gasteiger partial charge in [0.15, 0.2) is 0 Å². The lowest BCUT2D eigenvalue weighted by atomic mass is 11.0. The van der Waals surface area contributed by atoms with Crippen molar-refractivity contribution in [2.45, 2.75) is 12.2 Å². The lowest BCUT2D eigenvalue weighted by molar-refractivity contribution is 1.48. The van der Waals surface area contributed by atoms with Gasteiger partial charge in [-0.3, -0.25) is 0 Å². The highest BCUT2D eigenvalue weighted by Crippen LogP contribution is 1.75.